The van der Waals surface area contributed by atoms with Gasteiger partial charge in [-0.1, -0.05) is 0 Å². The van der Waals surface area contributed by atoms with Crippen LogP contribution >= 0.6 is 0 Å². The number of hydrogen-bond acceptors (Lipinski definition) is 3. The fourth-order valence-corrected chi connectivity index (χ4v) is 6.49. The predicted molar refractivity (Wildman–Crippen MR) is 100 cm³/mol. The third kappa shape index (κ3) is 3.45. The number of amides is 1. The van der Waals surface area contributed by atoms with Gasteiger partial charge in [0.1, 0.15) is 12.7 Å². The van der Waals surface area contributed by atoms with E-state index < -0.39 is 46.0 Å². The molecule has 0 radical (unpaired) electrons. The quantitative estimate of drug-likeness (QED) is 0.640. The van der Waals surface area contributed by atoms with Gasteiger partial charge < -0.3 is 5.32 Å². The topological polar surface area (TPSA) is 59.8 Å². The van der Waals surface area contributed by atoms with Crippen LogP contribution in [-0.4, -0.2) is 20.7 Å². The van der Waals surface area contributed by atoms with Gasteiger partial charge in [0.2, 0.25) is 5.91 Å². The summed E-state index contributed by atoms with van der Waals surface area (Å²) in [6.07, 6.45) is -2.70. The van der Waals surface area contributed by atoms with E-state index in [1.165, 1.54) is 6.33 Å². The molecule has 0 aliphatic heterocycles. The highest BCUT2D eigenvalue weighted by molar-refractivity contribution is 5.96. The van der Waals surface area contributed by atoms with Crippen molar-refractivity contribution in [2.24, 2.45) is 17.3 Å². The molecular formula is C21H20F6N4O. The summed E-state index contributed by atoms with van der Waals surface area (Å²) < 4.78 is 81.0. The number of aromatic nitrogens is 3. The van der Waals surface area contributed by atoms with Crippen LogP contribution in [0.3, 0.4) is 0 Å². The lowest BCUT2D eigenvalue weighted by molar-refractivity contribution is -0.150. The van der Waals surface area contributed by atoms with Gasteiger partial charge in [0, 0.05) is 5.69 Å². The van der Waals surface area contributed by atoms with E-state index >= 15 is 0 Å². The number of hydrogen-bond donors (Lipinski definition) is 1. The van der Waals surface area contributed by atoms with Crippen LogP contribution < -0.4 is 5.32 Å². The molecule has 1 amide bonds. The zero-order valence-corrected chi connectivity index (χ0v) is 16.8. The highest BCUT2D eigenvalue weighted by Crippen LogP contribution is 2.64. The standard InChI is InChI=1S/C21H20F6N4O/c22-20(23,24)14-2-15(21(25,26)27)4-16(3-14)30-17(32)18-5-12-1-13(6-18)8-19(7-12,9-18)31-11-28-10-29-31/h2-4,10-13H,1,5-9H2,(H,30,32). The van der Waals surface area contributed by atoms with Crippen molar-refractivity contribution in [3.05, 3.63) is 42.0 Å². The lowest BCUT2D eigenvalue weighted by Gasteiger charge is -2.60. The van der Waals surface area contributed by atoms with Gasteiger partial charge in [-0.05, 0) is 68.6 Å². The molecule has 2 unspecified atom stereocenters. The molecule has 2 atom stereocenters. The van der Waals surface area contributed by atoms with Crippen LogP contribution in [0.15, 0.2) is 30.9 Å². The van der Waals surface area contributed by atoms with Gasteiger partial charge in [0.25, 0.3) is 0 Å². The second kappa shape index (κ2) is 6.71. The molecule has 5 nitrogen and oxygen atoms in total. The molecule has 0 spiro atoms. The van der Waals surface area contributed by atoms with Crippen molar-refractivity contribution in [3.63, 3.8) is 0 Å². The van der Waals surface area contributed by atoms with Crippen LogP contribution in [0, 0.1) is 17.3 Å². The Morgan fingerprint density at radius 2 is 1.56 bits per heavy atom. The van der Waals surface area contributed by atoms with E-state index in [1.807, 2.05) is 0 Å². The molecule has 4 fully saturated rings. The molecular weight excluding hydrogens is 438 g/mol. The van der Waals surface area contributed by atoms with E-state index in [0.29, 0.717) is 31.4 Å². The number of alkyl halides is 6. The fraction of sp³-hybridized carbons (Fsp3) is 0.571. The van der Waals surface area contributed by atoms with E-state index in [2.05, 4.69) is 15.4 Å². The molecule has 4 bridgehead atoms. The maximum absolute atomic E-state index is 13.4. The minimum atomic E-state index is -4.97. The molecule has 2 aromatic rings. The zero-order valence-electron chi connectivity index (χ0n) is 16.8. The zero-order chi connectivity index (χ0) is 22.9. The second-order valence-electron chi connectivity index (χ2n) is 9.55. The molecule has 1 aromatic heterocycles. The van der Waals surface area contributed by atoms with Gasteiger partial charge in [-0.3, -0.25) is 4.79 Å². The van der Waals surface area contributed by atoms with Crippen LogP contribution in [0.1, 0.15) is 49.7 Å². The molecule has 172 valence electrons. The third-order valence-corrected chi connectivity index (χ3v) is 7.26. The van der Waals surface area contributed by atoms with Crippen molar-refractivity contribution >= 4 is 11.6 Å². The summed E-state index contributed by atoms with van der Waals surface area (Å²) in [4.78, 5) is 17.4. The number of rotatable bonds is 3. The summed E-state index contributed by atoms with van der Waals surface area (Å²) >= 11 is 0. The van der Waals surface area contributed by atoms with Crippen LogP contribution in [0.25, 0.3) is 0 Å². The summed E-state index contributed by atoms with van der Waals surface area (Å²) in [5.74, 6) is -0.0274. The number of nitrogens with zero attached hydrogens (tertiary/aromatic N) is 3. The minimum Gasteiger partial charge on any atom is -0.326 e. The number of anilines is 1. The molecule has 4 aliphatic carbocycles. The monoisotopic (exact) mass is 458 g/mol. The molecule has 6 rings (SSSR count). The van der Waals surface area contributed by atoms with Gasteiger partial charge in [-0.25, -0.2) is 9.67 Å². The van der Waals surface area contributed by atoms with Crippen molar-refractivity contribution in [3.8, 4) is 0 Å². The van der Waals surface area contributed by atoms with E-state index in [9.17, 15) is 31.1 Å². The minimum absolute atomic E-state index is 0.0556. The van der Waals surface area contributed by atoms with Crippen LogP contribution in [-0.2, 0) is 22.7 Å². The lowest BCUT2D eigenvalue weighted by Crippen LogP contribution is -2.60. The van der Waals surface area contributed by atoms with Gasteiger partial charge in [-0.15, -0.1) is 0 Å². The first kappa shape index (κ1) is 21.3. The summed E-state index contributed by atoms with van der Waals surface area (Å²) in [5, 5.41) is 6.68. The van der Waals surface area contributed by atoms with Crippen molar-refractivity contribution in [2.75, 3.05) is 5.32 Å². The SMILES string of the molecule is O=C(Nc1cc(C(F)(F)F)cc(C(F)(F)F)c1)C12CC3CC(C1)CC(n1cncn1)(C3)C2. The van der Waals surface area contributed by atoms with Crippen LogP contribution in [0.2, 0.25) is 0 Å². The Kier molecular flexibility index (Phi) is 4.46. The van der Waals surface area contributed by atoms with E-state index in [1.54, 1.807) is 11.0 Å². The van der Waals surface area contributed by atoms with Crippen molar-refractivity contribution < 1.29 is 31.1 Å². The van der Waals surface area contributed by atoms with E-state index in [0.717, 1.165) is 19.3 Å². The Bertz CT molecular complexity index is 999. The van der Waals surface area contributed by atoms with Crippen molar-refractivity contribution in [1.29, 1.82) is 0 Å². The lowest BCUT2D eigenvalue weighted by atomic mass is 9.46. The smallest absolute Gasteiger partial charge is 0.326 e. The maximum Gasteiger partial charge on any atom is 0.416 e. The fourth-order valence-electron chi connectivity index (χ4n) is 6.49. The summed E-state index contributed by atoms with van der Waals surface area (Å²) in [7, 11) is 0. The highest BCUT2D eigenvalue weighted by Gasteiger charge is 2.61. The Balaban J connectivity index is 1.48. The highest BCUT2D eigenvalue weighted by atomic mass is 19.4. The molecule has 11 heteroatoms. The number of benzene rings is 1. The molecule has 1 N–H and O–H groups in total. The third-order valence-electron chi connectivity index (χ3n) is 7.26. The summed E-state index contributed by atoms with van der Waals surface area (Å²) in [5.41, 5.74) is -4.66. The van der Waals surface area contributed by atoms with Crippen molar-refractivity contribution in [1.82, 2.24) is 14.8 Å². The van der Waals surface area contributed by atoms with Crippen molar-refractivity contribution in [2.45, 2.75) is 56.4 Å². The molecule has 1 heterocycles. The average Bonchev–Trinajstić information content (AvgIpc) is 3.21. The Labute approximate surface area is 179 Å². The Hall–Kier alpha value is -2.59. The first-order valence-electron chi connectivity index (χ1n) is 10.3. The van der Waals surface area contributed by atoms with Crippen LogP contribution in [0.5, 0.6) is 0 Å². The molecule has 4 aliphatic rings. The van der Waals surface area contributed by atoms with E-state index in [4.69, 9.17) is 0 Å². The molecule has 1 aromatic carbocycles. The summed E-state index contributed by atoms with van der Waals surface area (Å²) in [6, 6.07) is 1.17. The number of carbonyl (C=O) groups excluding carboxylic acids is 1. The summed E-state index contributed by atoms with van der Waals surface area (Å²) in [6.45, 7) is 0. The second-order valence-corrected chi connectivity index (χ2v) is 9.55. The maximum atomic E-state index is 13.4. The van der Waals surface area contributed by atoms with E-state index in [-0.39, 0.29) is 17.9 Å². The first-order valence-corrected chi connectivity index (χ1v) is 10.3. The molecule has 32 heavy (non-hydrogen) atoms. The normalized spacial score (nSPS) is 31.7. The van der Waals surface area contributed by atoms with Gasteiger partial charge in [0.15, 0.2) is 0 Å². The van der Waals surface area contributed by atoms with Gasteiger partial charge in [0.05, 0.1) is 22.1 Å². The molecule has 4 saturated carbocycles. The van der Waals surface area contributed by atoms with Gasteiger partial charge >= 0.3 is 12.4 Å². The number of halogens is 6. The number of nitrogens with one attached hydrogen (secondary N) is 1. The Morgan fingerprint density at radius 1 is 0.969 bits per heavy atom. The molecule has 0 saturated heterocycles. The Morgan fingerprint density at radius 3 is 2.06 bits per heavy atom. The van der Waals surface area contributed by atoms with Crippen LogP contribution in [0.4, 0.5) is 32.0 Å². The van der Waals surface area contributed by atoms with Gasteiger partial charge in [-0.2, -0.15) is 31.4 Å². The number of carbonyl (C=O) groups is 1. The first-order chi connectivity index (χ1) is 14.9. The average molecular weight is 458 g/mol. The largest absolute Gasteiger partial charge is 0.416 e. The predicted octanol–water partition coefficient (Wildman–Crippen LogP) is 5.25.